The molecule has 0 radical (unpaired) electrons. The van der Waals surface area contributed by atoms with Crippen LogP contribution in [-0.2, 0) is 0 Å². The van der Waals surface area contributed by atoms with Crippen molar-refractivity contribution in [2.24, 2.45) is 5.92 Å². The molecule has 1 aromatic carbocycles. The maximum atomic E-state index is 12.4. The van der Waals surface area contributed by atoms with Crippen LogP contribution in [0.5, 0.6) is 0 Å². The van der Waals surface area contributed by atoms with E-state index in [1.54, 1.807) is 0 Å². The quantitative estimate of drug-likeness (QED) is 0.858. The van der Waals surface area contributed by atoms with Gasteiger partial charge in [0.15, 0.2) is 0 Å². The summed E-state index contributed by atoms with van der Waals surface area (Å²) in [4.78, 5) is 14.5. The predicted molar refractivity (Wildman–Crippen MR) is 69.9 cm³/mol. The third kappa shape index (κ3) is 2.00. The van der Waals surface area contributed by atoms with Crippen LogP contribution in [0.15, 0.2) is 28.7 Å². The Kier molecular flexibility index (Phi) is 2.92. The standard InChI is InChI=1S/C13H15BrN2O/c14-11-3-1-2-9(6-11)13(17)16-5-4-10-7-15-8-12(10)16/h1-3,6,10,12,15H,4-5,7-8H2/t10-,12+/m0/s1. The fraction of sp³-hybridized carbons (Fsp3) is 0.462. The first-order valence-electron chi connectivity index (χ1n) is 6.03. The van der Waals surface area contributed by atoms with Crippen LogP contribution in [0.4, 0.5) is 0 Å². The van der Waals surface area contributed by atoms with Crippen molar-refractivity contribution >= 4 is 21.8 Å². The molecule has 2 saturated heterocycles. The minimum Gasteiger partial charge on any atom is -0.334 e. The van der Waals surface area contributed by atoms with Gasteiger partial charge in [-0.2, -0.15) is 0 Å². The molecule has 0 unspecified atom stereocenters. The summed E-state index contributed by atoms with van der Waals surface area (Å²) in [5.41, 5.74) is 0.784. The van der Waals surface area contributed by atoms with Crippen molar-refractivity contribution in [2.45, 2.75) is 12.5 Å². The highest BCUT2D eigenvalue weighted by molar-refractivity contribution is 9.10. The molecule has 0 bridgehead atoms. The molecule has 2 atom stereocenters. The van der Waals surface area contributed by atoms with Gasteiger partial charge in [0.1, 0.15) is 0 Å². The zero-order valence-corrected chi connectivity index (χ0v) is 11.1. The Morgan fingerprint density at radius 2 is 2.29 bits per heavy atom. The van der Waals surface area contributed by atoms with E-state index in [-0.39, 0.29) is 5.91 Å². The van der Waals surface area contributed by atoms with Crippen molar-refractivity contribution in [1.82, 2.24) is 10.2 Å². The van der Waals surface area contributed by atoms with Crippen LogP contribution in [0.3, 0.4) is 0 Å². The molecule has 4 heteroatoms. The SMILES string of the molecule is O=C(c1cccc(Br)c1)N1CC[C@H]2CNC[C@H]21. The monoisotopic (exact) mass is 294 g/mol. The van der Waals surface area contributed by atoms with E-state index in [0.29, 0.717) is 12.0 Å². The number of nitrogens with zero attached hydrogens (tertiary/aromatic N) is 1. The Labute approximate surface area is 109 Å². The van der Waals surface area contributed by atoms with Crippen molar-refractivity contribution in [1.29, 1.82) is 0 Å². The fourth-order valence-corrected chi connectivity index (χ4v) is 3.29. The second-order valence-corrected chi connectivity index (χ2v) is 5.70. The van der Waals surface area contributed by atoms with E-state index < -0.39 is 0 Å². The summed E-state index contributed by atoms with van der Waals surface area (Å²) < 4.78 is 0.962. The molecule has 1 aromatic rings. The summed E-state index contributed by atoms with van der Waals surface area (Å²) >= 11 is 3.41. The lowest BCUT2D eigenvalue weighted by atomic mass is 10.0. The first kappa shape index (κ1) is 11.2. The van der Waals surface area contributed by atoms with Gasteiger partial charge in [-0.15, -0.1) is 0 Å². The van der Waals surface area contributed by atoms with Crippen LogP contribution in [0.2, 0.25) is 0 Å². The maximum Gasteiger partial charge on any atom is 0.254 e. The molecule has 2 heterocycles. The van der Waals surface area contributed by atoms with E-state index >= 15 is 0 Å². The van der Waals surface area contributed by atoms with Gasteiger partial charge in [-0.3, -0.25) is 4.79 Å². The Balaban J connectivity index is 1.83. The van der Waals surface area contributed by atoms with E-state index in [0.717, 1.165) is 36.1 Å². The number of benzene rings is 1. The number of nitrogens with one attached hydrogen (secondary N) is 1. The molecule has 90 valence electrons. The summed E-state index contributed by atoms with van der Waals surface area (Å²) in [5.74, 6) is 0.827. The van der Waals surface area contributed by atoms with Crippen LogP contribution in [0.1, 0.15) is 16.8 Å². The van der Waals surface area contributed by atoms with Crippen molar-refractivity contribution in [3.8, 4) is 0 Å². The van der Waals surface area contributed by atoms with E-state index in [4.69, 9.17) is 0 Å². The first-order chi connectivity index (χ1) is 8.25. The van der Waals surface area contributed by atoms with Crippen molar-refractivity contribution in [2.75, 3.05) is 19.6 Å². The summed E-state index contributed by atoms with van der Waals surface area (Å²) in [6.07, 6.45) is 1.14. The smallest absolute Gasteiger partial charge is 0.254 e. The van der Waals surface area contributed by atoms with Gasteiger partial charge in [-0.05, 0) is 30.5 Å². The number of fused-ring (bicyclic) bond motifs is 1. The Morgan fingerprint density at radius 1 is 1.41 bits per heavy atom. The van der Waals surface area contributed by atoms with Crippen molar-refractivity contribution in [3.05, 3.63) is 34.3 Å². The molecule has 0 aromatic heterocycles. The second kappa shape index (κ2) is 4.42. The van der Waals surface area contributed by atoms with E-state index in [1.807, 2.05) is 29.2 Å². The average Bonchev–Trinajstić information content (AvgIpc) is 2.89. The van der Waals surface area contributed by atoms with Gasteiger partial charge < -0.3 is 10.2 Å². The lowest BCUT2D eigenvalue weighted by molar-refractivity contribution is 0.0737. The predicted octanol–water partition coefficient (Wildman–Crippen LogP) is 1.88. The zero-order valence-electron chi connectivity index (χ0n) is 9.53. The topological polar surface area (TPSA) is 32.3 Å². The van der Waals surface area contributed by atoms with E-state index in [2.05, 4.69) is 21.2 Å². The summed E-state index contributed by atoms with van der Waals surface area (Å²) in [5, 5.41) is 3.37. The number of carbonyl (C=O) groups is 1. The van der Waals surface area contributed by atoms with Gasteiger partial charge in [0, 0.05) is 35.7 Å². The van der Waals surface area contributed by atoms with Gasteiger partial charge in [-0.25, -0.2) is 0 Å². The van der Waals surface area contributed by atoms with Gasteiger partial charge in [0.05, 0.1) is 0 Å². The van der Waals surface area contributed by atoms with E-state index in [9.17, 15) is 4.79 Å². The van der Waals surface area contributed by atoms with Crippen molar-refractivity contribution < 1.29 is 4.79 Å². The molecule has 0 aliphatic carbocycles. The Morgan fingerprint density at radius 3 is 3.12 bits per heavy atom. The zero-order chi connectivity index (χ0) is 11.8. The second-order valence-electron chi connectivity index (χ2n) is 4.78. The molecule has 1 amide bonds. The molecular formula is C13H15BrN2O. The number of rotatable bonds is 1. The van der Waals surface area contributed by atoms with E-state index in [1.165, 1.54) is 0 Å². The van der Waals surface area contributed by atoms with Crippen LogP contribution in [0.25, 0.3) is 0 Å². The fourth-order valence-electron chi connectivity index (χ4n) is 2.89. The number of halogens is 1. The molecule has 17 heavy (non-hydrogen) atoms. The first-order valence-corrected chi connectivity index (χ1v) is 6.82. The number of hydrogen-bond donors (Lipinski definition) is 1. The number of amides is 1. The summed E-state index contributed by atoms with van der Waals surface area (Å²) in [6, 6.07) is 8.06. The summed E-state index contributed by atoms with van der Waals surface area (Å²) in [7, 11) is 0. The molecule has 2 aliphatic rings. The molecule has 2 fully saturated rings. The van der Waals surface area contributed by atoms with Gasteiger partial charge >= 0.3 is 0 Å². The van der Waals surface area contributed by atoms with Crippen LogP contribution < -0.4 is 5.32 Å². The molecule has 1 N–H and O–H groups in total. The van der Waals surface area contributed by atoms with Crippen LogP contribution >= 0.6 is 15.9 Å². The molecule has 3 rings (SSSR count). The lowest BCUT2D eigenvalue weighted by Crippen LogP contribution is -2.39. The van der Waals surface area contributed by atoms with Crippen molar-refractivity contribution in [3.63, 3.8) is 0 Å². The van der Waals surface area contributed by atoms with Gasteiger partial charge in [0.25, 0.3) is 5.91 Å². The normalized spacial score (nSPS) is 27.2. The highest BCUT2D eigenvalue weighted by atomic mass is 79.9. The van der Waals surface area contributed by atoms with Crippen LogP contribution in [-0.4, -0.2) is 36.5 Å². The Bertz CT molecular complexity index is 449. The summed E-state index contributed by atoms with van der Waals surface area (Å²) in [6.45, 7) is 2.92. The van der Waals surface area contributed by atoms with Crippen LogP contribution in [0, 0.1) is 5.92 Å². The molecular weight excluding hydrogens is 280 g/mol. The number of hydrogen-bond acceptors (Lipinski definition) is 2. The largest absolute Gasteiger partial charge is 0.334 e. The Hall–Kier alpha value is -0.870. The van der Waals surface area contributed by atoms with Gasteiger partial charge in [-0.1, -0.05) is 22.0 Å². The maximum absolute atomic E-state index is 12.4. The average molecular weight is 295 g/mol. The molecule has 3 nitrogen and oxygen atoms in total. The minimum atomic E-state index is 0.169. The highest BCUT2D eigenvalue weighted by Crippen LogP contribution is 2.28. The molecule has 0 spiro atoms. The number of carbonyl (C=O) groups excluding carboxylic acids is 1. The highest BCUT2D eigenvalue weighted by Gasteiger charge is 2.39. The third-order valence-corrected chi connectivity index (χ3v) is 4.27. The molecule has 2 aliphatic heterocycles. The third-order valence-electron chi connectivity index (χ3n) is 3.78. The van der Waals surface area contributed by atoms with Gasteiger partial charge in [0.2, 0.25) is 0 Å². The number of likely N-dealkylation sites (tertiary alicyclic amines) is 1. The minimum absolute atomic E-state index is 0.169. The lowest BCUT2D eigenvalue weighted by Gasteiger charge is -2.23. The molecule has 0 saturated carbocycles.